The first-order valence-corrected chi connectivity index (χ1v) is 9.43. The lowest BCUT2D eigenvalue weighted by Crippen LogP contribution is -2.39. The number of benzene rings is 1. The first-order valence-electron chi connectivity index (χ1n) is 8.00. The predicted molar refractivity (Wildman–Crippen MR) is 93.9 cm³/mol. The van der Waals surface area contributed by atoms with E-state index in [1.54, 1.807) is 24.3 Å². The molecule has 122 valence electrons. The van der Waals surface area contributed by atoms with E-state index in [1.807, 2.05) is 18.7 Å². The summed E-state index contributed by atoms with van der Waals surface area (Å²) < 4.78 is 5.73. The van der Waals surface area contributed by atoms with Crippen LogP contribution in [0.5, 0.6) is 5.75 Å². The number of thioether (sulfide) groups is 1. The maximum absolute atomic E-state index is 12.2. The van der Waals surface area contributed by atoms with E-state index in [2.05, 4.69) is 5.32 Å². The molecule has 5 heteroatoms. The van der Waals surface area contributed by atoms with Crippen molar-refractivity contribution in [3.05, 3.63) is 29.3 Å². The Morgan fingerprint density at radius 2 is 2.05 bits per heavy atom. The number of carbonyl (C=O) groups excluding carboxylic acids is 1. The van der Waals surface area contributed by atoms with Crippen molar-refractivity contribution < 1.29 is 9.53 Å². The Kier molecular flexibility index (Phi) is 7.40. The van der Waals surface area contributed by atoms with E-state index in [4.69, 9.17) is 16.3 Å². The Labute approximate surface area is 142 Å². The van der Waals surface area contributed by atoms with Gasteiger partial charge in [0.2, 0.25) is 0 Å². The van der Waals surface area contributed by atoms with E-state index >= 15 is 0 Å². The molecular weight excluding hydrogens is 318 g/mol. The third-order valence-corrected chi connectivity index (χ3v) is 5.45. The summed E-state index contributed by atoms with van der Waals surface area (Å²) in [6.07, 6.45) is 5.57. The van der Waals surface area contributed by atoms with Crippen molar-refractivity contribution in [1.82, 2.24) is 5.32 Å². The molecular formula is C17H24ClNO2S. The molecule has 1 fully saturated rings. The quantitative estimate of drug-likeness (QED) is 0.717. The molecule has 3 nitrogen and oxygen atoms in total. The molecule has 0 saturated heterocycles. The number of hydrogen-bond acceptors (Lipinski definition) is 3. The van der Waals surface area contributed by atoms with E-state index < -0.39 is 6.10 Å². The number of nitrogens with one attached hydrogen (secondary N) is 1. The van der Waals surface area contributed by atoms with Gasteiger partial charge in [0, 0.05) is 22.6 Å². The Morgan fingerprint density at radius 3 is 2.68 bits per heavy atom. The molecule has 22 heavy (non-hydrogen) atoms. The largest absolute Gasteiger partial charge is 0.481 e. The van der Waals surface area contributed by atoms with Crippen LogP contribution < -0.4 is 10.1 Å². The molecule has 0 unspecified atom stereocenters. The van der Waals surface area contributed by atoms with Crippen LogP contribution in [0.1, 0.15) is 39.0 Å². The summed E-state index contributed by atoms with van der Waals surface area (Å²) in [5.41, 5.74) is 0. The molecule has 1 aliphatic carbocycles. The predicted octanol–water partition coefficient (Wildman–Crippen LogP) is 4.29. The molecule has 0 aliphatic heterocycles. The van der Waals surface area contributed by atoms with E-state index in [-0.39, 0.29) is 5.91 Å². The van der Waals surface area contributed by atoms with Gasteiger partial charge in [-0.2, -0.15) is 11.8 Å². The maximum atomic E-state index is 12.2. The molecule has 0 aromatic heterocycles. The van der Waals surface area contributed by atoms with Crippen molar-refractivity contribution >= 4 is 29.3 Å². The van der Waals surface area contributed by atoms with Gasteiger partial charge in [0.15, 0.2) is 6.10 Å². The zero-order chi connectivity index (χ0) is 15.8. The number of amides is 1. The fourth-order valence-corrected chi connectivity index (χ4v) is 3.91. The Bertz CT molecular complexity index is 460. The molecule has 1 atom stereocenters. The van der Waals surface area contributed by atoms with Gasteiger partial charge in [-0.15, -0.1) is 0 Å². The maximum Gasteiger partial charge on any atom is 0.261 e. The molecule has 0 heterocycles. The number of hydrogen-bond donors (Lipinski definition) is 1. The Balaban J connectivity index is 1.70. The molecule has 1 N–H and O–H groups in total. The van der Waals surface area contributed by atoms with Crippen LogP contribution in [0.2, 0.25) is 5.02 Å². The van der Waals surface area contributed by atoms with Gasteiger partial charge in [-0.1, -0.05) is 31.4 Å². The van der Waals surface area contributed by atoms with E-state index in [0.717, 1.165) is 11.0 Å². The second kappa shape index (κ2) is 9.31. The van der Waals surface area contributed by atoms with Crippen LogP contribution in [0.3, 0.4) is 0 Å². The Hall–Kier alpha value is -0.870. The standard InChI is InChI=1S/C17H24ClNO2S/c1-2-16(21-14-9-7-13(18)8-10-14)17(20)19-11-12-22-15-5-3-4-6-15/h7-10,15-16H,2-6,11-12H2,1H3,(H,19,20)/t16-/m0/s1. The van der Waals surface area contributed by atoms with Crippen LogP contribution in [0.4, 0.5) is 0 Å². The number of halogens is 1. The van der Waals surface area contributed by atoms with Crippen LogP contribution >= 0.6 is 23.4 Å². The molecule has 0 bridgehead atoms. The average molecular weight is 342 g/mol. The van der Waals surface area contributed by atoms with E-state index in [9.17, 15) is 4.79 Å². The first kappa shape index (κ1) is 17.5. The van der Waals surface area contributed by atoms with Crippen molar-refractivity contribution in [3.63, 3.8) is 0 Å². The summed E-state index contributed by atoms with van der Waals surface area (Å²) in [6.45, 7) is 2.66. The zero-order valence-electron chi connectivity index (χ0n) is 13.0. The molecule has 1 aliphatic rings. The lowest BCUT2D eigenvalue weighted by atomic mass is 10.2. The van der Waals surface area contributed by atoms with Crippen LogP contribution in [0.15, 0.2) is 24.3 Å². The topological polar surface area (TPSA) is 38.3 Å². The summed E-state index contributed by atoms with van der Waals surface area (Å²) in [5, 5.41) is 4.43. The van der Waals surface area contributed by atoms with Crippen LogP contribution in [-0.2, 0) is 4.79 Å². The highest BCUT2D eigenvalue weighted by atomic mass is 35.5. The van der Waals surface area contributed by atoms with Crippen LogP contribution in [-0.4, -0.2) is 29.6 Å². The third kappa shape index (κ3) is 5.73. The van der Waals surface area contributed by atoms with Gasteiger partial charge >= 0.3 is 0 Å². The average Bonchev–Trinajstić information content (AvgIpc) is 3.04. The molecule has 1 saturated carbocycles. The Morgan fingerprint density at radius 1 is 1.36 bits per heavy atom. The molecule has 1 aromatic rings. The monoisotopic (exact) mass is 341 g/mol. The number of carbonyl (C=O) groups is 1. The minimum atomic E-state index is -0.447. The highest BCUT2D eigenvalue weighted by Crippen LogP contribution is 2.28. The fraction of sp³-hybridized carbons (Fsp3) is 0.588. The first-order chi connectivity index (χ1) is 10.7. The van der Waals surface area contributed by atoms with E-state index in [0.29, 0.717) is 23.7 Å². The summed E-state index contributed by atoms with van der Waals surface area (Å²) >= 11 is 7.83. The SMILES string of the molecule is CC[C@H](Oc1ccc(Cl)cc1)C(=O)NCCSC1CCCC1. The van der Waals surface area contributed by atoms with Gasteiger partial charge in [0.1, 0.15) is 5.75 Å². The van der Waals surface area contributed by atoms with Gasteiger partial charge in [-0.3, -0.25) is 4.79 Å². The molecule has 2 rings (SSSR count). The minimum Gasteiger partial charge on any atom is -0.481 e. The van der Waals surface area contributed by atoms with Crippen molar-refractivity contribution in [1.29, 1.82) is 0 Å². The fourth-order valence-electron chi connectivity index (χ4n) is 2.57. The molecule has 1 amide bonds. The number of rotatable bonds is 8. The van der Waals surface area contributed by atoms with Crippen LogP contribution in [0, 0.1) is 0 Å². The normalized spacial score (nSPS) is 16.5. The van der Waals surface area contributed by atoms with Gasteiger partial charge < -0.3 is 10.1 Å². The minimum absolute atomic E-state index is 0.0375. The lowest BCUT2D eigenvalue weighted by molar-refractivity contribution is -0.127. The zero-order valence-corrected chi connectivity index (χ0v) is 14.6. The van der Waals surface area contributed by atoms with Gasteiger partial charge in [-0.05, 0) is 43.5 Å². The van der Waals surface area contributed by atoms with Crippen molar-refractivity contribution in [2.24, 2.45) is 0 Å². The third-order valence-electron chi connectivity index (χ3n) is 3.81. The van der Waals surface area contributed by atoms with Crippen molar-refractivity contribution in [3.8, 4) is 5.75 Å². The number of ether oxygens (including phenoxy) is 1. The second-order valence-corrected chi connectivity index (χ2v) is 7.38. The summed E-state index contributed by atoms with van der Waals surface area (Å²) in [6, 6.07) is 7.10. The van der Waals surface area contributed by atoms with Crippen molar-refractivity contribution in [2.45, 2.75) is 50.4 Å². The summed E-state index contributed by atoms with van der Waals surface area (Å²) in [4.78, 5) is 12.2. The lowest BCUT2D eigenvalue weighted by Gasteiger charge is -2.17. The second-order valence-electron chi connectivity index (χ2n) is 5.54. The highest BCUT2D eigenvalue weighted by Gasteiger charge is 2.19. The highest BCUT2D eigenvalue weighted by molar-refractivity contribution is 7.99. The molecule has 0 radical (unpaired) electrons. The van der Waals surface area contributed by atoms with Crippen molar-refractivity contribution in [2.75, 3.05) is 12.3 Å². The molecule has 0 spiro atoms. The summed E-state index contributed by atoms with van der Waals surface area (Å²) in [5.74, 6) is 1.62. The van der Waals surface area contributed by atoms with Gasteiger partial charge in [0.05, 0.1) is 0 Å². The smallest absolute Gasteiger partial charge is 0.261 e. The summed E-state index contributed by atoms with van der Waals surface area (Å²) in [7, 11) is 0. The van der Waals surface area contributed by atoms with Gasteiger partial charge in [0.25, 0.3) is 5.91 Å². The van der Waals surface area contributed by atoms with E-state index in [1.165, 1.54) is 25.7 Å². The van der Waals surface area contributed by atoms with Gasteiger partial charge in [-0.25, -0.2) is 0 Å². The molecule has 1 aromatic carbocycles. The van der Waals surface area contributed by atoms with Crippen LogP contribution in [0.25, 0.3) is 0 Å².